The number of benzene rings is 1. The molecule has 0 amide bonds. The first-order chi connectivity index (χ1) is 8.77. The molecule has 0 spiro atoms. The van der Waals surface area contributed by atoms with Crippen LogP contribution < -0.4 is 10.1 Å². The van der Waals surface area contributed by atoms with Crippen LogP contribution in [0.5, 0.6) is 5.75 Å². The molecule has 102 valence electrons. The molecular weight excluding hydrogens is 249 g/mol. The van der Waals surface area contributed by atoms with Gasteiger partial charge in [-0.3, -0.25) is 0 Å². The van der Waals surface area contributed by atoms with Gasteiger partial charge in [-0.1, -0.05) is 12.5 Å². The van der Waals surface area contributed by atoms with Crippen molar-refractivity contribution in [2.45, 2.75) is 25.8 Å². The Morgan fingerprint density at radius 1 is 1.28 bits per heavy atom. The third kappa shape index (κ3) is 5.74. The third-order valence-corrected chi connectivity index (χ3v) is 3.47. The lowest BCUT2D eigenvalue weighted by molar-refractivity contribution is 0.410. The minimum Gasteiger partial charge on any atom is -0.497 e. The van der Waals surface area contributed by atoms with Crippen molar-refractivity contribution in [1.29, 1.82) is 0 Å². The van der Waals surface area contributed by atoms with Crippen LogP contribution in [0.15, 0.2) is 18.2 Å². The first-order valence-electron chi connectivity index (χ1n) is 6.30. The molecule has 18 heavy (non-hydrogen) atoms. The Labute approximate surface area is 113 Å². The number of thioether (sulfide) groups is 1. The van der Waals surface area contributed by atoms with E-state index < -0.39 is 0 Å². The second-order valence-corrected chi connectivity index (χ2v) is 5.17. The smallest absolute Gasteiger partial charge is 0.131 e. The molecule has 2 nitrogen and oxygen atoms in total. The number of methoxy groups -OCH3 is 1. The summed E-state index contributed by atoms with van der Waals surface area (Å²) in [6.45, 7) is 1.53. The SMILES string of the molecule is COc1ccc(CNCCCCCSC)c(F)c1. The second kappa shape index (κ2) is 9.22. The fraction of sp³-hybridized carbons (Fsp3) is 0.571. The van der Waals surface area contributed by atoms with Gasteiger partial charge in [-0.05, 0) is 37.5 Å². The zero-order valence-electron chi connectivity index (χ0n) is 11.2. The predicted octanol–water partition coefficient (Wildman–Crippen LogP) is 3.46. The van der Waals surface area contributed by atoms with Crippen LogP contribution in [-0.2, 0) is 6.54 Å². The van der Waals surface area contributed by atoms with Crippen LogP contribution in [0.3, 0.4) is 0 Å². The van der Waals surface area contributed by atoms with Crippen LogP contribution in [0.25, 0.3) is 0 Å². The highest BCUT2D eigenvalue weighted by Gasteiger charge is 2.03. The molecule has 0 saturated carbocycles. The largest absolute Gasteiger partial charge is 0.497 e. The molecule has 1 aromatic rings. The normalized spacial score (nSPS) is 10.6. The molecular formula is C14H22FNOS. The van der Waals surface area contributed by atoms with Crippen LogP contribution in [0.2, 0.25) is 0 Å². The van der Waals surface area contributed by atoms with E-state index in [0.717, 1.165) is 13.0 Å². The molecule has 1 rings (SSSR count). The molecule has 1 aromatic carbocycles. The van der Waals surface area contributed by atoms with E-state index in [1.807, 2.05) is 11.8 Å². The van der Waals surface area contributed by atoms with E-state index in [-0.39, 0.29) is 5.82 Å². The van der Waals surface area contributed by atoms with E-state index in [1.165, 1.54) is 24.7 Å². The maximum absolute atomic E-state index is 13.6. The molecule has 0 aliphatic carbocycles. The molecule has 0 bridgehead atoms. The Kier molecular flexibility index (Phi) is 7.85. The van der Waals surface area contributed by atoms with E-state index in [4.69, 9.17) is 4.74 Å². The fourth-order valence-corrected chi connectivity index (χ4v) is 2.19. The molecule has 1 N–H and O–H groups in total. The molecule has 0 fully saturated rings. The molecule has 0 unspecified atom stereocenters. The van der Waals surface area contributed by atoms with Crippen LogP contribution in [0, 0.1) is 5.82 Å². The maximum Gasteiger partial charge on any atom is 0.131 e. The summed E-state index contributed by atoms with van der Waals surface area (Å²) in [5.74, 6) is 1.59. The summed E-state index contributed by atoms with van der Waals surface area (Å²) >= 11 is 1.89. The van der Waals surface area contributed by atoms with Crippen molar-refractivity contribution in [3.05, 3.63) is 29.6 Å². The van der Waals surface area contributed by atoms with E-state index >= 15 is 0 Å². The van der Waals surface area contributed by atoms with E-state index in [0.29, 0.717) is 17.9 Å². The lowest BCUT2D eigenvalue weighted by atomic mass is 10.2. The third-order valence-electron chi connectivity index (χ3n) is 2.78. The summed E-state index contributed by atoms with van der Waals surface area (Å²) in [4.78, 5) is 0. The van der Waals surface area contributed by atoms with Gasteiger partial charge in [-0.15, -0.1) is 0 Å². The van der Waals surface area contributed by atoms with Crippen molar-refractivity contribution in [3.63, 3.8) is 0 Å². The van der Waals surface area contributed by atoms with Crippen molar-refractivity contribution in [2.24, 2.45) is 0 Å². The monoisotopic (exact) mass is 271 g/mol. The molecule has 0 aromatic heterocycles. The Morgan fingerprint density at radius 3 is 2.78 bits per heavy atom. The van der Waals surface area contributed by atoms with E-state index in [9.17, 15) is 4.39 Å². The highest BCUT2D eigenvalue weighted by atomic mass is 32.2. The Hall–Kier alpha value is -0.740. The van der Waals surface area contributed by atoms with Gasteiger partial charge in [0, 0.05) is 18.2 Å². The van der Waals surface area contributed by atoms with Crippen molar-refractivity contribution in [1.82, 2.24) is 5.32 Å². The highest BCUT2D eigenvalue weighted by Crippen LogP contribution is 2.15. The van der Waals surface area contributed by atoms with Crippen LogP contribution in [0.4, 0.5) is 4.39 Å². The molecule has 4 heteroatoms. The lowest BCUT2D eigenvalue weighted by Gasteiger charge is -2.07. The summed E-state index contributed by atoms with van der Waals surface area (Å²) in [5.41, 5.74) is 0.694. The minimum atomic E-state index is -0.204. The van der Waals surface area contributed by atoms with Crippen molar-refractivity contribution in [3.8, 4) is 5.75 Å². The Balaban J connectivity index is 2.19. The zero-order chi connectivity index (χ0) is 13.2. The summed E-state index contributed by atoms with van der Waals surface area (Å²) < 4.78 is 18.6. The molecule has 0 radical (unpaired) electrons. The van der Waals surface area contributed by atoms with Crippen LogP contribution in [0.1, 0.15) is 24.8 Å². The average molecular weight is 271 g/mol. The number of hydrogen-bond acceptors (Lipinski definition) is 3. The number of ether oxygens (including phenoxy) is 1. The number of unbranched alkanes of at least 4 members (excludes halogenated alkanes) is 2. The highest BCUT2D eigenvalue weighted by molar-refractivity contribution is 7.98. The first kappa shape index (κ1) is 15.3. The molecule has 0 heterocycles. The van der Waals surface area contributed by atoms with E-state index in [1.54, 1.807) is 19.2 Å². The van der Waals surface area contributed by atoms with Crippen molar-refractivity contribution >= 4 is 11.8 Å². The van der Waals surface area contributed by atoms with Gasteiger partial charge in [0.25, 0.3) is 0 Å². The zero-order valence-corrected chi connectivity index (χ0v) is 12.0. The number of nitrogens with one attached hydrogen (secondary N) is 1. The van der Waals surface area contributed by atoms with E-state index in [2.05, 4.69) is 11.6 Å². The standard InChI is InChI=1S/C14H22FNOS/c1-17-13-7-6-12(14(15)10-13)11-16-8-4-3-5-9-18-2/h6-7,10,16H,3-5,8-9,11H2,1-2H3. The molecule has 0 aliphatic heterocycles. The van der Waals surface area contributed by atoms with Gasteiger partial charge < -0.3 is 10.1 Å². The van der Waals surface area contributed by atoms with Crippen molar-refractivity contribution in [2.75, 3.05) is 25.7 Å². The lowest BCUT2D eigenvalue weighted by Crippen LogP contribution is -2.15. The van der Waals surface area contributed by atoms with Gasteiger partial charge in [0.15, 0.2) is 0 Å². The van der Waals surface area contributed by atoms with Gasteiger partial charge in [-0.25, -0.2) is 4.39 Å². The maximum atomic E-state index is 13.6. The summed E-state index contributed by atoms with van der Waals surface area (Å²) in [5, 5.41) is 3.27. The average Bonchev–Trinajstić information content (AvgIpc) is 2.39. The van der Waals surface area contributed by atoms with Gasteiger partial charge in [0.2, 0.25) is 0 Å². The van der Waals surface area contributed by atoms with Gasteiger partial charge >= 0.3 is 0 Å². The fourth-order valence-electron chi connectivity index (χ4n) is 1.69. The number of halogens is 1. The van der Waals surface area contributed by atoms with Gasteiger partial charge in [0.05, 0.1) is 7.11 Å². The minimum absolute atomic E-state index is 0.204. The Morgan fingerprint density at radius 2 is 2.11 bits per heavy atom. The quantitative estimate of drug-likeness (QED) is 0.695. The molecule has 0 atom stereocenters. The first-order valence-corrected chi connectivity index (χ1v) is 7.69. The summed E-state index contributed by atoms with van der Waals surface area (Å²) in [7, 11) is 1.54. The van der Waals surface area contributed by atoms with Crippen LogP contribution >= 0.6 is 11.8 Å². The van der Waals surface area contributed by atoms with Gasteiger partial charge in [0.1, 0.15) is 11.6 Å². The topological polar surface area (TPSA) is 21.3 Å². The second-order valence-electron chi connectivity index (χ2n) is 4.19. The molecule has 0 aliphatic rings. The Bertz CT molecular complexity index is 347. The number of rotatable bonds is 9. The van der Waals surface area contributed by atoms with Gasteiger partial charge in [-0.2, -0.15) is 11.8 Å². The summed E-state index contributed by atoms with van der Waals surface area (Å²) in [6, 6.07) is 4.99. The summed E-state index contributed by atoms with van der Waals surface area (Å²) in [6.07, 6.45) is 5.78. The number of hydrogen-bond donors (Lipinski definition) is 1. The molecule has 0 saturated heterocycles. The predicted molar refractivity (Wildman–Crippen MR) is 76.9 cm³/mol. The van der Waals surface area contributed by atoms with Crippen molar-refractivity contribution < 1.29 is 9.13 Å². The van der Waals surface area contributed by atoms with Crippen LogP contribution in [-0.4, -0.2) is 25.7 Å².